The molecule has 0 saturated carbocycles. The van der Waals surface area contributed by atoms with Crippen molar-refractivity contribution in [1.29, 1.82) is 0 Å². The minimum absolute atomic E-state index is 0.0171. The maximum absolute atomic E-state index is 13.2. The Morgan fingerprint density at radius 3 is 2.14 bits per heavy atom. The number of halogens is 6. The van der Waals surface area contributed by atoms with Crippen LogP contribution in [-0.2, 0) is 12.8 Å². The first kappa shape index (κ1) is 16.4. The summed E-state index contributed by atoms with van der Waals surface area (Å²) >= 11 is 17.4. The SMILES string of the molecule is OCc1ccnc(-c2cc(Cl)c(Cl)c(Cl)c2)c1C(F)(F)F. The van der Waals surface area contributed by atoms with Crippen LogP contribution in [0.4, 0.5) is 13.2 Å². The van der Waals surface area contributed by atoms with E-state index >= 15 is 0 Å². The molecular formula is C13H7Cl3F3NO. The highest BCUT2D eigenvalue weighted by molar-refractivity contribution is 6.48. The van der Waals surface area contributed by atoms with Gasteiger partial charge in [0, 0.05) is 11.8 Å². The first-order valence-electron chi connectivity index (χ1n) is 5.56. The molecular weight excluding hydrogens is 350 g/mol. The minimum atomic E-state index is -4.68. The fourth-order valence-electron chi connectivity index (χ4n) is 1.86. The predicted octanol–water partition coefficient (Wildman–Crippen LogP) is 5.22. The van der Waals surface area contributed by atoms with Crippen molar-refractivity contribution in [2.75, 3.05) is 0 Å². The molecule has 1 heterocycles. The topological polar surface area (TPSA) is 33.1 Å². The van der Waals surface area contributed by atoms with E-state index < -0.39 is 18.3 Å². The molecule has 1 aromatic carbocycles. The molecule has 0 bridgehead atoms. The molecule has 0 aliphatic heterocycles. The number of pyridine rings is 1. The monoisotopic (exact) mass is 355 g/mol. The van der Waals surface area contributed by atoms with Gasteiger partial charge in [-0.3, -0.25) is 4.98 Å². The molecule has 0 aliphatic carbocycles. The van der Waals surface area contributed by atoms with Crippen molar-refractivity contribution in [3.8, 4) is 11.3 Å². The van der Waals surface area contributed by atoms with Crippen molar-refractivity contribution in [2.24, 2.45) is 0 Å². The maximum atomic E-state index is 13.2. The highest BCUT2D eigenvalue weighted by Gasteiger charge is 2.37. The molecule has 2 nitrogen and oxygen atoms in total. The Hall–Kier alpha value is -1.01. The van der Waals surface area contributed by atoms with Gasteiger partial charge in [0.15, 0.2) is 0 Å². The maximum Gasteiger partial charge on any atom is 0.418 e. The Morgan fingerprint density at radius 1 is 1.10 bits per heavy atom. The number of aliphatic hydroxyl groups is 1. The van der Waals surface area contributed by atoms with Crippen molar-refractivity contribution in [2.45, 2.75) is 12.8 Å². The van der Waals surface area contributed by atoms with Crippen LogP contribution in [0.3, 0.4) is 0 Å². The Kier molecular flexibility index (Phi) is 4.68. The van der Waals surface area contributed by atoms with Crippen molar-refractivity contribution in [3.63, 3.8) is 0 Å². The number of alkyl halides is 3. The van der Waals surface area contributed by atoms with Crippen molar-refractivity contribution in [1.82, 2.24) is 4.98 Å². The average molecular weight is 357 g/mol. The van der Waals surface area contributed by atoms with Gasteiger partial charge in [0.05, 0.1) is 32.9 Å². The van der Waals surface area contributed by atoms with Crippen molar-refractivity contribution in [3.05, 3.63) is 50.6 Å². The van der Waals surface area contributed by atoms with Gasteiger partial charge >= 0.3 is 6.18 Å². The summed E-state index contributed by atoms with van der Waals surface area (Å²) in [5.41, 5.74) is -1.61. The zero-order valence-electron chi connectivity index (χ0n) is 10.2. The van der Waals surface area contributed by atoms with E-state index in [-0.39, 0.29) is 31.9 Å². The van der Waals surface area contributed by atoms with E-state index in [1.165, 1.54) is 18.3 Å². The quantitative estimate of drug-likeness (QED) is 0.748. The van der Waals surface area contributed by atoms with Crippen molar-refractivity contribution >= 4 is 34.8 Å². The molecule has 0 radical (unpaired) electrons. The second kappa shape index (κ2) is 6.01. The molecule has 1 aromatic heterocycles. The van der Waals surface area contributed by atoms with Crippen LogP contribution in [0.25, 0.3) is 11.3 Å². The summed E-state index contributed by atoms with van der Waals surface area (Å²) in [6, 6.07) is 3.59. The normalized spacial score (nSPS) is 11.8. The lowest BCUT2D eigenvalue weighted by molar-refractivity contribution is -0.138. The van der Waals surface area contributed by atoms with E-state index in [2.05, 4.69) is 4.98 Å². The van der Waals surface area contributed by atoms with Crippen LogP contribution < -0.4 is 0 Å². The molecule has 0 saturated heterocycles. The van der Waals surface area contributed by atoms with E-state index in [9.17, 15) is 13.2 Å². The lowest BCUT2D eigenvalue weighted by Crippen LogP contribution is -2.12. The Bertz CT molecular complexity index is 666. The molecule has 8 heteroatoms. The number of benzene rings is 1. The Labute approximate surface area is 133 Å². The van der Waals surface area contributed by atoms with Crippen LogP contribution in [-0.4, -0.2) is 10.1 Å². The molecule has 0 unspecified atom stereocenters. The van der Waals surface area contributed by atoms with Gasteiger partial charge in [0.2, 0.25) is 0 Å². The van der Waals surface area contributed by atoms with Gasteiger partial charge in [0.25, 0.3) is 0 Å². The van der Waals surface area contributed by atoms with Gasteiger partial charge in [0.1, 0.15) is 0 Å². The van der Waals surface area contributed by atoms with Gasteiger partial charge in [-0.2, -0.15) is 13.2 Å². The standard InChI is InChI=1S/C13H7Cl3F3NO/c14-8-3-7(4-9(15)11(8)16)12-10(13(17,18)19)6(5-21)1-2-20-12/h1-4,21H,5H2. The van der Waals surface area contributed by atoms with E-state index in [1.807, 2.05) is 0 Å². The number of hydrogen-bond acceptors (Lipinski definition) is 2. The molecule has 0 fully saturated rings. The lowest BCUT2D eigenvalue weighted by Gasteiger charge is -2.16. The molecule has 0 spiro atoms. The second-order valence-corrected chi connectivity index (χ2v) is 5.30. The van der Waals surface area contributed by atoms with Crippen LogP contribution in [0.2, 0.25) is 15.1 Å². The van der Waals surface area contributed by atoms with Crippen LogP contribution in [0.15, 0.2) is 24.4 Å². The fourth-order valence-corrected chi connectivity index (χ4v) is 2.46. The zero-order chi connectivity index (χ0) is 15.8. The van der Waals surface area contributed by atoms with E-state index in [0.717, 1.165) is 6.07 Å². The third-order valence-corrected chi connectivity index (χ3v) is 3.95. The lowest BCUT2D eigenvalue weighted by atomic mass is 10.0. The average Bonchev–Trinajstić information content (AvgIpc) is 2.42. The first-order chi connectivity index (χ1) is 9.75. The van der Waals surface area contributed by atoms with Gasteiger partial charge in [-0.1, -0.05) is 34.8 Å². The van der Waals surface area contributed by atoms with E-state index in [0.29, 0.717) is 0 Å². The molecule has 0 amide bonds. The van der Waals surface area contributed by atoms with E-state index in [1.54, 1.807) is 0 Å². The van der Waals surface area contributed by atoms with Crippen LogP contribution in [0.5, 0.6) is 0 Å². The van der Waals surface area contributed by atoms with Gasteiger partial charge in [-0.25, -0.2) is 0 Å². The smallest absolute Gasteiger partial charge is 0.392 e. The molecule has 0 atom stereocenters. The summed E-state index contributed by atoms with van der Waals surface area (Å²) < 4.78 is 39.7. The number of aromatic nitrogens is 1. The van der Waals surface area contributed by atoms with Crippen molar-refractivity contribution < 1.29 is 18.3 Å². The number of rotatable bonds is 2. The highest BCUT2D eigenvalue weighted by atomic mass is 35.5. The van der Waals surface area contributed by atoms with E-state index in [4.69, 9.17) is 39.9 Å². The zero-order valence-corrected chi connectivity index (χ0v) is 12.4. The summed E-state index contributed by atoms with van der Waals surface area (Å²) in [6.07, 6.45) is -3.51. The Morgan fingerprint density at radius 2 is 1.67 bits per heavy atom. The number of nitrogens with zero attached hydrogens (tertiary/aromatic N) is 1. The molecule has 112 valence electrons. The van der Waals surface area contributed by atoms with Crippen LogP contribution in [0.1, 0.15) is 11.1 Å². The summed E-state index contributed by atoms with van der Waals surface area (Å²) in [6.45, 7) is -0.764. The third kappa shape index (κ3) is 3.26. The molecule has 1 N–H and O–H groups in total. The molecule has 2 aromatic rings. The summed E-state index contributed by atoms with van der Waals surface area (Å²) in [4.78, 5) is 3.74. The number of aliphatic hydroxyl groups excluding tert-OH is 1. The van der Waals surface area contributed by atoms with Crippen LogP contribution in [0, 0.1) is 0 Å². The van der Waals surface area contributed by atoms with Crippen LogP contribution >= 0.6 is 34.8 Å². The predicted molar refractivity (Wildman–Crippen MR) is 75.6 cm³/mol. The largest absolute Gasteiger partial charge is 0.418 e. The fraction of sp³-hybridized carbons (Fsp3) is 0.154. The first-order valence-corrected chi connectivity index (χ1v) is 6.70. The summed E-state index contributed by atoms with van der Waals surface area (Å²) in [5, 5.41) is 9.19. The molecule has 21 heavy (non-hydrogen) atoms. The second-order valence-electron chi connectivity index (χ2n) is 4.10. The number of hydrogen-bond donors (Lipinski definition) is 1. The minimum Gasteiger partial charge on any atom is -0.392 e. The van der Waals surface area contributed by atoms with Gasteiger partial charge in [-0.05, 0) is 23.8 Å². The van der Waals surface area contributed by atoms with Gasteiger partial charge in [-0.15, -0.1) is 0 Å². The summed E-state index contributed by atoms with van der Waals surface area (Å²) in [7, 11) is 0. The molecule has 0 aliphatic rings. The molecule has 2 rings (SSSR count). The van der Waals surface area contributed by atoms with Gasteiger partial charge < -0.3 is 5.11 Å². The highest BCUT2D eigenvalue weighted by Crippen LogP contribution is 2.41. The third-order valence-electron chi connectivity index (χ3n) is 2.75. The Balaban J connectivity index is 2.76. The summed E-state index contributed by atoms with van der Waals surface area (Å²) in [5.74, 6) is 0.